The topological polar surface area (TPSA) is 30.2 Å². The van der Waals surface area contributed by atoms with E-state index in [0.717, 1.165) is 5.46 Å². The molecule has 2 aromatic heterocycles. The van der Waals surface area contributed by atoms with Crippen molar-refractivity contribution in [3.05, 3.63) is 47.5 Å². The number of halogens is 2. The zero-order valence-electron chi connectivity index (χ0n) is 9.56. The highest BCUT2D eigenvalue weighted by atomic mass is 35.5. The lowest BCUT2D eigenvalue weighted by Gasteiger charge is -2.05. The third-order valence-electron chi connectivity index (χ3n) is 2.75. The second-order valence-electron chi connectivity index (χ2n) is 4.01. The van der Waals surface area contributed by atoms with Crippen LogP contribution in [0.15, 0.2) is 36.5 Å². The van der Waals surface area contributed by atoms with Crippen molar-refractivity contribution in [1.82, 2.24) is 14.6 Å². The monoisotopic (exact) mass is 259 g/mol. The average molecular weight is 259 g/mol. The molecule has 0 atom stereocenters. The lowest BCUT2D eigenvalue weighted by Crippen LogP contribution is -2.04. The molecule has 3 rings (SSSR count). The molecule has 18 heavy (non-hydrogen) atoms. The van der Waals surface area contributed by atoms with E-state index < -0.39 is 0 Å². The molecule has 0 fully saturated rings. The number of benzene rings is 1. The minimum atomic E-state index is -0.317. The van der Waals surface area contributed by atoms with Crippen molar-refractivity contribution in [3.8, 4) is 11.3 Å². The summed E-state index contributed by atoms with van der Waals surface area (Å²) < 4.78 is 15.3. The first-order valence-corrected chi connectivity index (χ1v) is 5.80. The fourth-order valence-corrected chi connectivity index (χ4v) is 2.07. The third kappa shape index (κ3) is 1.67. The van der Waals surface area contributed by atoms with Crippen molar-refractivity contribution >= 4 is 30.6 Å². The van der Waals surface area contributed by atoms with Gasteiger partial charge in [-0.2, -0.15) is 5.10 Å². The summed E-state index contributed by atoms with van der Waals surface area (Å²) in [6.45, 7) is 0. The van der Waals surface area contributed by atoms with Crippen LogP contribution >= 0.6 is 11.6 Å². The molecule has 1 aromatic carbocycles. The van der Waals surface area contributed by atoms with E-state index in [2.05, 4.69) is 10.1 Å². The lowest BCUT2D eigenvalue weighted by molar-refractivity contribution is 0.630. The van der Waals surface area contributed by atoms with Crippen LogP contribution in [0.1, 0.15) is 0 Å². The number of nitrogens with zero attached hydrogens (tertiary/aromatic N) is 3. The summed E-state index contributed by atoms with van der Waals surface area (Å²) in [5, 5.41) is 4.51. The SMILES string of the molecule is Bc1cnn2c(Cl)cc(-c3ccccc3F)nc12. The van der Waals surface area contributed by atoms with Gasteiger partial charge in [0, 0.05) is 17.8 Å². The smallest absolute Gasteiger partial charge is 0.150 e. The maximum atomic E-state index is 13.7. The molecule has 0 N–H and O–H groups in total. The molecule has 88 valence electrons. The Morgan fingerprint density at radius 1 is 1.28 bits per heavy atom. The van der Waals surface area contributed by atoms with Crippen LogP contribution < -0.4 is 5.46 Å². The molecule has 0 bridgehead atoms. The van der Waals surface area contributed by atoms with Gasteiger partial charge in [0.05, 0.1) is 5.69 Å². The summed E-state index contributed by atoms with van der Waals surface area (Å²) in [4.78, 5) is 4.40. The molecule has 3 nitrogen and oxygen atoms in total. The van der Waals surface area contributed by atoms with E-state index in [0.29, 0.717) is 22.1 Å². The van der Waals surface area contributed by atoms with Gasteiger partial charge in [-0.1, -0.05) is 23.7 Å². The first-order chi connectivity index (χ1) is 8.66. The molecule has 2 heterocycles. The van der Waals surface area contributed by atoms with Crippen LogP contribution in [0.4, 0.5) is 4.39 Å². The number of hydrogen-bond donors (Lipinski definition) is 0. The summed E-state index contributed by atoms with van der Waals surface area (Å²) in [5.74, 6) is -0.317. The Kier molecular flexibility index (Phi) is 2.56. The first-order valence-electron chi connectivity index (χ1n) is 5.42. The molecule has 0 aliphatic rings. The Labute approximate surface area is 109 Å². The Balaban J connectivity index is 2.31. The molecule has 3 aromatic rings. The summed E-state index contributed by atoms with van der Waals surface area (Å²) >= 11 is 6.12. The van der Waals surface area contributed by atoms with E-state index in [-0.39, 0.29) is 5.82 Å². The standard InChI is InChI=1S/C12H8BClFN3/c13-8-6-16-18-11(14)5-10(17-12(8)18)7-3-1-2-4-9(7)15/h1-6H,13H2. The number of aromatic nitrogens is 3. The van der Waals surface area contributed by atoms with Crippen LogP contribution in [0, 0.1) is 5.82 Å². The van der Waals surface area contributed by atoms with Gasteiger partial charge in [0.1, 0.15) is 18.8 Å². The minimum Gasteiger partial charge on any atom is -0.229 e. The molecule has 0 spiro atoms. The zero-order valence-corrected chi connectivity index (χ0v) is 10.3. The van der Waals surface area contributed by atoms with Gasteiger partial charge in [0.15, 0.2) is 5.65 Å². The van der Waals surface area contributed by atoms with Gasteiger partial charge in [-0.3, -0.25) is 0 Å². The molecule has 0 radical (unpaired) electrons. The van der Waals surface area contributed by atoms with Crippen molar-refractivity contribution < 1.29 is 4.39 Å². The number of hydrogen-bond acceptors (Lipinski definition) is 2. The van der Waals surface area contributed by atoms with Crippen molar-refractivity contribution in [2.75, 3.05) is 0 Å². The molecule has 0 saturated heterocycles. The molecule has 0 aliphatic heterocycles. The Hall–Kier alpha value is -1.88. The maximum absolute atomic E-state index is 13.7. The summed E-state index contributed by atoms with van der Waals surface area (Å²) in [6, 6.07) is 8.10. The minimum absolute atomic E-state index is 0.317. The average Bonchev–Trinajstić information content (AvgIpc) is 2.72. The Morgan fingerprint density at radius 3 is 2.83 bits per heavy atom. The van der Waals surface area contributed by atoms with E-state index in [4.69, 9.17) is 11.6 Å². The van der Waals surface area contributed by atoms with Crippen LogP contribution in [0.2, 0.25) is 5.15 Å². The van der Waals surface area contributed by atoms with Crippen molar-refractivity contribution in [1.29, 1.82) is 0 Å². The highest BCUT2D eigenvalue weighted by Gasteiger charge is 2.11. The number of fused-ring (bicyclic) bond motifs is 1. The van der Waals surface area contributed by atoms with Gasteiger partial charge in [-0.15, -0.1) is 0 Å². The highest BCUT2D eigenvalue weighted by molar-refractivity contribution is 6.36. The van der Waals surface area contributed by atoms with E-state index in [1.165, 1.54) is 10.6 Å². The fourth-order valence-electron chi connectivity index (χ4n) is 1.84. The lowest BCUT2D eigenvalue weighted by atomic mass is 10.0. The van der Waals surface area contributed by atoms with Crippen LogP contribution in [0.3, 0.4) is 0 Å². The summed E-state index contributed by atoms with van der Waals surface area (Å²) in [5.41, 5.74) is 2.48. The zero-order chi connectivity index (χ0) is 12.7. The van der Waals surface area contributed by atoms with Gasteiger partial charge < -0.3 is 0 Å². The predicted octanol–water partition coefficient (Wildman–Crippen LogP) is 1.45. The van der Waals surface area contributed by atoms with Gasteiger partial charge in [0.2, 0.25) is 0 Å². The molecular weight excluding hydrogens is 251 g/mol. The van der Waals surface area contributed by atoms with Gasteiger partial charge in [-0.25, -0.2) is 13.9 Å². The second-order valence-corrected chi connectivity index (χ2v) is 4.39. The summed E-state index contributed by atoms with van der Waals surface area (Å²) in [6.07, 6.45) is 1.68. The summed E-state index contributed by atoms with van der Waals surface area (Å²) in [7, 11) is 1.89. The Bertz CT molecular complexity index is 741. The molecule has 0 aliphatic carbocycles. The second kappa shape index (κ2) is 4.10. The van der Waals surface area contributed by atoms with Crippen molar-refractivity contribution in [2.45, 2.75) is 0 Å². The maximum Gasteiger partial charge on any atom is 0.150 e. The highest BCUT2D eigenvalue weighted by Crippen LogP contribution is 2.23. The van der Waals surface area contributed by atoms with Gasteiger partial charge >= 0.3 is 0 Å². The van der Waals surface area contributed by atoms with Crippen molar-refractivity contribution in [2.24, 2.45) is 0 Å². The first kappa shape index (κ1) is 11.2. The van der Waals surface area contributed by atoms with E-state index in [9.17, 15) is 4.39 Å². The molecule has 6 heteroatoms. The number of rotatable bonds is 1. The fraction of sp³-hybridized carbons (Fsp3) is 0. The van der Waals surface area contributed by atoms with Crippen LogP contribution in [0.5, 0.6) is 0 Å². The predicted molar refractivity (Wildman–Crippen MR) is 71.6 cm³/mol. The van der Waals surface area contributed by atoms with Gasteiger partial charge in [0.25, 0.3) is 0 Å². The molecule has 0 unspecified atom stereocenters. The quantitative estimate of drug-likeness (QED) is 0.489. The van der Waals surface area contributed by atoms with Crippen LogP contribution in [-0.4, -0.2) is 22.4 Å². The molecule has 0 amide bonds. The molecule has 0 saturated carbocycles. The Morgan fingerprint density at radius 2 is 2.06 bits per heavy atom. The normalized spacial score (nSPS) is 11.0. The van der Waals surface area contributed by atoms with Crippen molar-refractivity contribution in [3.63, 3.8) is 0 Å². The van der Waals surface area contributed by atoms with Gasteiger partial charge in [-0.05, 0) is 17.6 Å². The van der Waals surface area contributed by atoms with E-state index in [1.807, 2.05) is 7.85 Å². The van der Waals surface area contributed by atoms with Crippen LogP contribution in [0.25, 0.3) is 16.9 Å². The third-order valence-corrected chi connectivity index (χ3v) is 3.02. The van der Waals surface area contributed by atoms with E-state index >= 15 is 0 Å². The molecular formula is C12H8BClFN3. The largest absolute Gasteiger partial charge is 0.229 e. The van der Waals surface area contributed by atoms with Crippen LogP contribution in [-0.2, 0) is 0 Å². The van der Waals surface area contributed by atoms with E-state index in [1.54, 1.807) is 30.5 Å².